The Labute approximate surface area is 84.7 Å². The zero-order chi connectivity index (χ0) is 11.0. The molecule has 0 aliphatic heterocycles. The molecule has 0 fully saturated rings. The van der Waals surface area contributed by atoms with Gasteiger partial charge in [-0.1, -0.05) is 0 Å². The molecule has 0 aliphatic carbocycles. The van der Waals surface area contributed by atoms with E-state index >= 15 is 0 Å². The van der Waals surface area contributed by atoms with Gasteiger partial charge in [0.15, 0.2) is 0 Å². The molecule has 0 heterocycles. The Hall–Kier alpha value is -0.650. The van der Waals surface area contributed by atoms with E-state index in [9.17, 15) is 4.79 Å². The van der Waals surface area contributed by atoms with Crippen LogP contribution >= 0.6 is 0 Å². The summed E-state index contributed by atoms with van der Waals surface area (Å²) in [7, 11) is 4.71. The average molecular weight is 205 g/mol. The third-order valence-corrected chi connectivity index (χ3v) is 1.70. The first-order chi connectivity index (χ1) is 6.60. The van der Waals surface area contributed by atoms with Gasteiger partial charge in [-0.15, -0.1) is 0 Å². The van der Waals surface area contributed by atoms with Crippen LogP contribution in [0.25, 0.3) is 0 Å². The molecule has 5 heteroatoms. The van der Waals surface area contributed by atoms with E-state index < -0.39 is 5.54 Å². The molecule has 0 atom stereocenters. The largest absolute Gasteiger partial charge is 0.382 e. The number of carbonyl (C=O) groups is 1. The van der Waals surface area contributed by atoms with E-state index in [1.54, 1.807) is 21.3 Å². The van der Waals surface area contributed by atoms with Gasteiger partial charge in [0.05, 0.1) is 19.8 Å². The van der Waals surface area contributed by atoms with Crippen LogP contribution in [-0.2, 0) is 19.0 Å². The zero-order valence-corrected chi connectivity index (χ0v) is 9.25. The van der Waals surface area contributed by atoms with Crippen molar-refractivity contribution in [2.24, 2.45) is 0 Å². The van der Waals surface area contributed by atoms with Gasteiger partial charge < -0.3 is 19.5 Å². The number of hydrogen-bond donors (Lipinski definition) is 1. The molecule has 0 aromatic carbocycles. The molecule has 0 rings (SSSR count). The molecule has 0 spiro atoms. The molecular weight excluding hydrogens is 186 g/mol. The van der Waals surface area contributed by atoms with E-state index in [0.717, 1.165) is 0 Å². The number of nitrogens with one attached hydrogen (secondary N) is 1. The lowest BCUT2D eigenvalue weighted by Gasteiger charge is -2.32. The molecule has 14 heavy (non-hydrogen) atoms. The summed E-state index contributed by atoms with van der Waals surface area (Å²) in [5.74, 6) is -0.129. The highest BCUT2D eigenvalue weighted by Crippen LogP contribution is 2.07. The summed E-state index contributed by atoms with van der Waals surface area (Å²) in [6.07, 6.45) is 0. The normalized spacial score (nSPS) is 11.4. The van der Waals surface area contributed by atoms with Crippen molar-refractivity contribution in [3.8, 4) is 0 Å². The third-order valence-electron chi connectivity index (χ3n) is 1.70. The number of carbonyl (C=O) groups excluding carboxylic acids is 1. The Balaban J connectivity index is 4.45. The maximum atomic E-state index is 11.0. The van der Waals surface area contributed by atoms with Crippen molar-refractivity contribution >= 4 is 5.91 Å². The summed E-state index contributed by atoms with van der Waals surface area (Å²) < 4.78 is 15.1. The summed E-state index contributed by atoms with van der Waals surface area (Å²) >= 11 is 0. The summed E-state index contributed by atoms with van der Waals surface area (Å²) in [5.41, 5.74) is -0.593. The Morgan fingerprint density at radius 1 is 1.07 bits per heavy atom. The van der Waals surface area contributed by atoms with Crippen LogP contribution in [-0.4, -0.2) is 52.6 Å². The lowest BCUT2D eigenvalue weighted by Crippen LogP contribution is -2.57. The van der Waals surface area contributed by atoms with Crippen molar-refractivity contribution in [1.29, 1.82) is 0 Å². The molecule has 0 aromatic heterocycles. The minimum atomic E-state index is -0.593. The number of ether oxygens (including phenoxy) is 3. The lowest BCUT2D eigenvalue weighted by molar-refractivity contribution is -0.124. The molecule has 84 valence electrons. The van der Waals surface area contributed by atoms with Gasteiger partial charge in [-0.2, -0.15) is 0 Å². The highest BCUT2D eigenvalue weighted by atomic mass is 16.5. The van der Waals surface area contributed by atoms with E-state index in [4.69, 9.17) is 14.2 Å². The van der Waals surface area contributed by atoms with Gasteiger partial charge in [0.1, 0.15) is 5.54 Å². The Morgan fingerprint density at radius 3 is 1.64 bits per heavy atom. The second-order valence-corrected chi connectivity index (χ2v) is 3.26. The Kier molecular flexibility index (Phi) is 6.44. The predicted octanol–water partition coefficient (Wildman–Crippen LogP) is -0.199. The molecule has 0 aromatic rings. The SMILES string of the molecule is COCC(COC)(COC)NC(C)=O. The smallest absolute Gasteiger partial charge is 0.217 e. The topological polar surface area (TPSA) is 56.8 Å². The summed E-state index contributed by atoms with van der Waals surface area (Å²) in [5, 5.41) is 2.78. The maximum Gasteiger partial charge on any atom is 0.217 e. The molecule has 5 nitrogen and oxygen atoms in total. The number of rotatable bonds is 7. The van der Waals surface area contributed by atoms with Crippen LogP contribution in [0.1, 0.15) is 6.92 Å². The highest BCUT2D eigenvalue weighted by molar-refractivity contribution is 5.73. The fraction of sp³-hybridized carbons (Fsp3) is 0.889. The highest BCUT2D eigenvalue weighted by Gasteiger charge is 2.31. The number of amides is 1. The standard InChI is InChI=1S/C9H19NO4/c1-8(11)10-9(5-12-2,6-13-3)7-14-4/h5-7H2,1-4H3,(H,10,11). The van der Waals surface area contributed by atoms with Gasteiger partial charge in [0.2, 0.25) is 5.91 Å². The van der Waals surface area contributed by atoms with E-state index in [1.807, 2.05) is 0 Å². The maximum absolute atomic E-state index is 11.0. The monoisotopic (exact) mass is 205 g/mol. The van der Waals surface area contributed by atoms with Gasteiger partial charge in [-0.25, -0.2) is 0 Å². The van der Waals surface area contributed by atoms with Crippen molar-refractivity contribution in [3.63, 3.8) is 0 Å². The molecular formula is C9H19NO4. The summed E-state index contributed by atoms with van der Waals surface area (Å²) in [6, 6.07) is 0. The van der Waals surface area contributed by atoms with Gasteiger partial charge in [0.25, 0.3) is 0 Å². The van der Waals surface area contributed by atoms with Crippen molar-refractivity contribution in [3.05, 3.63) is 0 Å². The summed E-state index contributed by atoms with van der Waals surface area (Å²) in [6.45, 7) is 2.52. The van der Waals surface area contributed by atoms with Gasteiger partial charge in [-0.05, 0) is 0 Å². The van der Waals surface area contributed by atoms with Crippen molar-refractivity contribution in [2.75, 3.05) is 41.2 Å². The first kappa shape index (κ1) is 13.4. The Morgan fingerprint density at radius 2 is 1.43 bits per heavy atom. The van der Waals surface area contributed by atoms with E-state index in [0.29, 0.717) is 19.8 Å². The second kappa shape index (κ2) is 6.75. The minimum Gasteiger partial charge on any atom is -0.382 e. The van der Waals surface area contributed by atoms with E-state index in [2.05, 4.69) is 5.32 Å². The molecule has 1 amide bonds. The van der Waals surface area contributed by atoms with Crippen molar-refractivity contribution < 1.29 is 19.0 Å². The molecule has 0 unspecified atom stereocenters. The van der Waals surface area contributed by atoms with Crippen molar-refractivity contribution in [2.45, 2.75) is 12.5 Å². The molecule has 0 bridgehead atoms. The number of hydrogen-bond acceptors (Lipinski definition) is 4. The Bertz CT molecular complexity index is 155. The van der Waals surface area contributed by atoms with Gasteiger partial charge >= 0.3 is 0 Å². The zero-order valence-electron chi connectivity index (χ0n) is 9.25. The van der Waals surface area contributed by atoms with Crippen LogP contribution in [0, 0.1) is 0 Å². The first-order valence-electron chi connectivity index (χ1n) is 4.36. The fourth-order valence-corrected chi connectivity index (χ4v) is 1.44. The third kappa shape index (κ3) is 4.55. The molecule has 0 aliphatic rings. The van der Waals surface area contributed by atoms with Crippen LogP contribution in [0.2, 0.25) is 0 Å². The minimum absolute atomic E-state index is 0.129. The average Bonchev–Trinajstić information content (AvgIpc) is 2.03. The van der Waals surface area contributed by atoms with Crippen molar-refractivity contribution in [1.82, 2.24) is 5.32 Å². The molecule has 0 saturated carbocycles. The fourth-order valence-electron chi connectivity index (χ4n) is 1.44. The van der Waals surface area contributed by atoms with E-state index in [1.165, 1.54) is 6.92 Å². The second-order valence-electron chi connectivity index (χ2n) is 3.26. The van der Waals surface area contributed by atoms with Crippen LogP contribution in [0.5, 0.6) is 0 Å². The van der Waals surface area contributed by atoms with Crippen LogP contribution in [0.4, 0.5) is 0 Å². The van der Waals surface area contributed by atoms with Gasteiger partial charge in [0, 0.05) is 28.3 Å². The van der Waals surface area contributed by atoms with Crippen LogP contribution < -0.4 is 5.32 Å². The molecule has 1 N–H and O–H groups in total. The molecule has 0 radical (unpaired) electrons. The van der Waals surface area contributed by atoms with Crippen LogP contribution in [0.3, 0.4) is 0 Å². The van der Waals surface area contributed by atoms with Crippen LogP contribution in [0.15, 0.2) is 0 Å². The quantitative estimate of drug-likeness (QED) is 0.625. The lowest BCUT2D eigenvalue weighted by atomic mass is 10.0. The molecule has 0 saturated heterocycles. The predicted molar refractivity (Wildman–Crippen MR) is 52.2 cm³/mol. The van der Waals surface area contributed by atoms with E-state index in [-0.39, 0.29) is 5.91 Å². The first-order valence-corrected chi connectivity index (χ1v) is 4.36. The number of methoxy groups -OCH3 is 3. The van der Waals surface area contributed by atoms with Gasteiger partial charge in [-0.3, -0.25) is 4.79 Å². The summed E-state index contributed by atoms with van der Waals surface area (Å²) in [4.78, 5) is 11.0.